The first-order valence-corrected chi connectivity index (χ1v) is 17.0. The lowest BCUT2D eigenvalue weighted by Crippen LogP contribution is -2.30. The monoisotopic (exact) mass is 654 g/mol. The van der Waals surface area contributed by atoms with Gasteiger partial charge in [0, 0.05) is 23.6 Å². The third-order valence-corrected chi connectivity index (χ3v) is 9.40. The highest BCUT2D eigenvalue weighted by Gasteiger charge is 2.26. The molecule has 0 spiro atoms. The summed E-state index contributed by atoms with van der Waals surface area (Å²) in [6.07, 6.45) is 5.43. The SMILES string of the molecule is Cc1cc(-c2cc(F)c(CS(=O)(=O)Cc3ccc(F)cc3)cc2F)nc2cnc(NC3CCC(CC(=O)OC(C)(C)C)CC3)nc12. The molecule has 1 saturated carbocycles. The molecule has 1 N–H and O–H groups in total. The number of hydrogen-bond donors (Lipinski definition) is 1. The van der Waals surface area contributed by atoms with Gasteiger partial charge in [0.15, 0.2) is 9.84 Å². The summed E-state index contributed by atoms with van der Waals surface area (Å²) in [5.74, 6) is -2.81. The van der Waals surface area contributed by atoms with Crippen molar-refractivity contribution in [2.75, 3.05) is 5.32 Å². The van der Waals surface area contributed by atoms with E-state index < -0.39 is 44.4 Å². The molecule has 0 bridgehead atoms. The Balaban J connectivity index is 1.25. The van der Waals surface area contributed by atoms with E-state index >= 15 is 8.78 Å². The first-order chi connectivity index (χ1) is 21.6. The van der Waals surface area contributed by atoms with E-state index in [-0.39, 0.29) is 34.7 Å². The van der Waals surface area contributed by atoms with Crippen molar-refractivity contribution >= 4 is 32.8 Å². The van der Waals surface area contributed by atoms with Gasteiger partial charge in [0.25, 0.3) is 0 Å². The molecule has 1 fully saturated rings. The zero-order chi connectivity index (χ0) is 33.2. The number of nitrogens with zero attached hydrogens (tertiary/aromatic N) is 3. The Morgan fingerprint density at radius 3 is 2.33 bits per heavy atom. The van der Waals surface area contributed by atoms with Crippen LogP contribution in [0.15, 0.2) is 48.7 Å². The van der Waals surface area contributed by atoms with Gasteiger partial charge >= 0.3 is 5.97 Å². The van der Waals surface area contributed by atoms with Crippen LogP contribution in [0.25, 0.3) is 22.3 Å². The molecule has 1 aliphatic carbocycles. The average molecular weight is 655 g/mol. The van der Waals surface area contributed by atoms with Crippen molar-refractivity contribution in [3.63, 3.8) is 0 Å². The van der Waals surface area contributed by atoms with Crippen molar-refractivity contribution in [3.05, 3.63) is 82.8 Å². The molecule has 0 aliphatic heterocycles. The molecule has 5 rings (SSSR count). The Kier molecular flexibility index (Phi) is 9.67. The highest BCUT2D eigenvalue weighted by Crippen LogP contribution is 2.31. The molecule has 1 aliphatic rings. The van der Waals surface area contributed by atoms with Crippen molar-refractivity contribution in [1.29, 1.82) is 0 Å². The predicted molar refractivity (Wildman–Crippen MR) is 170 cm³/mol. The zero-order valence-electron chi connectivity index (χ0n) is 26.2. The van der Waals surface area contributed by atoms with Crippen LogP contribution in [-0.4, -0.2) is 41.0 Å². The largest absolute Gasteiger partial charge is 0.460 e. The van der Waals surface area contributed by atoms with Gasteiger partial charge in [-0.3, -0.25) is 4.79 Å². The molecule has 46 heavy (non-hydrogen) atoms. The summed E-state index contributed by atoms with van der Waals surface area (Å²) < 4.78 is 74.4. The maximum Gasteiger partial charge on any atom is 0.306 e. The van der Waals surface area contributed by atoms with Gasteiger partial charge in [0.1, 0.15) is 28.6 Å². The fourth-order valence-electron chi connectivity index (χ4n) is 5.72. The summed E-state index contributed by atoms with van der Waals surface area (Å²) in [7, 11) is -3.87. The molecular formula is C34H37F3N4O4S. The minimum Gasteiger partial charge on any atom is -0.460 e. The quantitative estimate of drug-likeness (QED) is 0.188. The number of rotatable bonds is 9. The molecule has 2 aromatic carbocycles. The third kappa shape index (κ3) is 8.60. The lowest BCUT2D eigenvalue weighted by atomic mass is 9.84. The number of carbonyl (C=O) groups is 1. The zero-order valence-corrected chi connectivity index (χ0v) is 27.1. The number of aromatic nitrogens is 3. The van der Waals surface area contributed by atoms with E-state index in [1.54, 1.807) is 13.0 Å². The Morgan fingerprint density at radius 2 is 1.65 bits per heavy atom. The van der Waals surface area contributed by atoms with E-state index in [2.05, 4.69) is 20.3 Å². The summed E-state index contributed by atoms with van der Waals surface area (Å²) >= 11 is 0. The Hall–Kier alpha value is -4.06. The first-order valence-electron chi connectivity index (χ1n) is 15.2. The van der Waals surface area contributed by atoms with Gasteiger partial charge in [-0.05, 0) is 101 Å². The molecule has 0 atom stereocenters. The van der Waals surface area contributed by atoms with E-state index in [0.29, 0.717) is 34.5 Å². The molecule has 0 radical (unpaired) electrons. The lowest BCUT2D eigenvalue weighted by molar-refractivity contribution is -0.156. The third-order valence-electron chi connectivity index (χ3n) is 7.88. The van der Waals surface area contributed by atoms with E-state index in [0.717, 1.165) is 49.9 Å². The van der Waals surface area contributed by atoms with Crippen molar-refractivity contribution in [2.45, 2.75) is 82.9 Å². The van der Waals surface area contributed by atoms with Crippen molar-refractivity contribution < 1.29 is 31.1 Å². The van der Waals surface area contributed by atoms with E-state index in [1.807, 2.05) is 20.8 Å². The molecular weight excluding hydrogens is 617 g/mol. The standard InChI is InChI=1S/C34H37F3N4O4S/c1-20-13-29(26-16-27(36)23(15-28(26)37)19-46(43,44)18-22-5-9-24(35)10-6-22)40-30-17-38-33(41-32(20)30)39-25-11-7-21(8-12-25)14-31(42)45-34(2,3)4/h5-6,9-10,13,15-17,21,25H,7-8,11-12,14,18-19H2,1-4H3,(H,38,39,41). The maximum absolute atomic E-state index is 15.3. The Labute approximate surface area is 266 Å². The van der Waals surface area contributed by atoms with Crippen molar-refractivity contribution in [3.8, 4) is 11.3 Å². The number of fused-ring (bicyclic) bond motifs is 1. The molecule has 2 heterocycles. The molecule has 8 nitrogen and oxygen atoms in total. The second-order valence-electron chi connectivity index (χ2n) is 13.0. The molecule has 0 unspecified atom stereocenters. The number of pyridine rings is 1. The number of sulfone groups is 1. The normalized spacial score (nSPS) is 17.2. The molecule has 0 amide bonds. The van der Waals surface area contributed by atoms with Crippen LogP contribution < -0.4 is 5.32 Å². The van der Waals surface area contributed by atoms with Gasteiger partial charge in [-0.2, -0.15) is 0 Å². The van der Waals surface area contributed by atoms with Gasteiger partial charge in [0.05, 0.1) is 28.9 Å². The fourth-order valence-corrected chi connectivity index (χ4v) is 7.22. The van der Waals surface area contributed by atoms with Crippen LogP contribution in [-0.2, 0) is 30.9 Å². The van der Waals surface area contributed by atoms with E-state index in [1.165, 1.54) is 18.3 Å². The van der Waals surface area contributed by atoms with Crippen LogP contribution >= 0.6 is 0 Å². The van der Waals surface area contributed by atoms with Crippen molar-refractivity contribution in [2.24, 2.45) is 5.92 Å². The first kappa shape index (κ1) is 33.3. The topological polar surface area (TPSA) is 111 Å². The van der Waals surface area contributed by atoms with Crippen molar-refractivity contribution in [1.82, 2.24) is 15.0 Å². The number of nitrogens with one attached hydrogen (secondary N) is 1. The summed E-state index contributed by atoms with van der Waals surface area (Å²) in [5, 5.41) is 3.38. The molecule has 244 valence electrons. The van der Waals surface area contributed by atoms with Gasteiger partial charge in [-0.1, -0.05) is 12.1 Å². The van der Waals surface area contributed by atoms with Gasteiger partial charge < -0.3 is 10.1 Å². The average Bonchev–Trinajstić information content (AvgIpc) is 2.96. The molecule has 2 aromatic heterocycles. The van der Waals surface area contributed by atoms with E-state index in [9.17, 15) is 17.6 Å². The van der Waals surface area contributed by atoms with Crippen LogP contribution in [0.2, 0.25) is 0 Å². The van der Waals surface area contributed by atoms with Gasteiger partial charge in [0.2, 0.25) is 5.95 Å². The summed E-state index contributed by atoms with van der Waals surface area (Å²) in [6.45, 7) is 7.37. The number of hydrogen-bond acceptors (Lipinski definition) is 8. The molecule has 4 aromatic rings. The van der Waals surface area contributed by atoms with Crippen LogP contribution in [0.3, 0.4) is 0 Å². The molecule has 12 heteroatoms. The van der Waals surface area contributed by atoms with Crippen LogP contribution in [0, 0.1) is 30.3 Å². The Bertz CT molecular complexity index is 1850. The van der Waals surface area contributed by atoms with Gasteiger partial charge in [-0.25, -0.2) is 36.5 Å². The summed E-state index contributed by atoms with van der Waals surface area (Å²) in [5.41, 5.74) is 1.22. The fraction of sp³-hybridized carbons (Fsp3) is 0.412. The van der Waals surface area contributed by atoms with Crippen LogP contribution in [0.5, 0.6) is 0 Å². The highest BCUT2D eigenvalue weighted by molar-refractivity contribution is 7.89. The minimum atomic E-state index is -3.87. The highest BCUT2D eigenvalue weighted by atomic mass is 32.2. The van der Waals surface area contributed by atoms with Gasteiger partial charge in [-0.15, -0.1) is 0 Å². The maximum atomic E-state index is 15.3. The Morgan fingerprint density at radius 1 is 0.957 bits per heavy atom. The summed E-state index contributed by atoms with van der Waals surface area (Å²) in [4.78, 5) is 25.7. The smallest absolute Gasteiger partial charge is 0.306 e. The number of ether oxygens (including phenoxy) is 1. The van der Waals surface area contributed by atoms with Crippen LogP contribution in [0.1, 0.15) is 69.6 Å². The van der Waals surface area contributed by atoms with E-state index in [4.69, 9.17) is 4.74 Å². The minimum absolute atomic E-state index is 0.118. The predicted octanol–water partition coefficient (Wildman–Crippen LogP) is 7.24. The second kappa shape index (κ2) is 13.4. The lowest BCUT2D eigenvalue weighted by Gasteiger charge is -2.29. The number of aryl methyl sites for hydroxylation is 1. The molecule has 0 saturated heterocycles. The number of halogens is 3. The second-order valence-corrected chi connectivity index (χ2v) is 15.1. The van der Waals surface area contributed by atoms with Crippen LogP contribution in [0.4, 0.5) is 19.1 Å². The number of esters is 1. The number of benzene rings is 2. The number of anilines is 1. The summed E-state index contributed by atoms with van der Waals surface area (Å²) in [6, 6.07) is 8.53. The number of carbonyl (C=O) groups excluding carboxylic acids is 1.